The van der Waals surface area contributed by atoms with E-state index in [1.165, 1.54) is 12.1 Å². The van der Waals surface area contributed by atoms with Crippen LogP contribution in [0.4, 0.5) is 13.2 Å². The van der Waals surface area contributed by atoms with Crippen LogP contribution in [-0.2, 0) is 0 Å². The van der Waals surface area contributed by atoms with Gasteiger partial charge >= 0.3 is 6.36 Å². The number of hydrogen-bond acceptors (Lipinski definition) is 2. The predicted molar refractivity (Wildman–Crippen MR) is 74.4 cm³/mol. The second-order valence-corrected chi connectivity index (χ2v) is 4.95. The minimum Gasteiger partial charge on any atom is -0.406 e. The van der Waals surface area contributed by atoms with Gasteiger partial charge in [0.1, 0.15) is 5.75 Å². The van der Waals surface area contributed by atoms with E-state index in [-0.39, 0.29) is 18.2 Å². The van der Waals surface area contributed by atoms with Crippen molar-refractivity contribution in [1.29, 1.82) is 0 Å². The van der Waals surface area contributed by atoms with Crippen LogP contribution >= 0.6 is 28.3 Å². The third kappa shape index (κ3) is 6.84. The zero-order valence-electron chi connectivity index (χ0n) is 10.1. The molecule has 1 aromatic carbocycles. The van der Waals surface area contributed by atoms with Crippen LogP contribution in [-0.4, -0.2) is 6.36 Å². The number of nitrogens with two attached hydrogens (primary N) is 1. The molecule has 19 heavy (non-hydrogen) atoms. The lowest BCUT2D eigenvalue weighted by Crippen LogP contribution is -2.18. The Kier molecular flexibility index (Phi) is 6.89. The van der Waals surface area contributed by atoms with Gasteiger partial charge in [-0.2, -0.15) is 0 Å². The lowest BCUT2D eigenvalue weighted by molar-refractivity contribution is -0.274. The summed E-state index contributed by atoms with van der Waals surface area (Å²) in [5.41, 5.74) is 7.30. The van der Waals surface area contributed by atoms with Gasteiger partial charge < -0.3 is 10.5 Å². The van der Waals surface area contributed by atoms with Gasteiger partial charge in [0.15, 0.2) is 0 Å². The minimum atomic E-state index is -4.71. The number of alkyl halides is 3. The van der Waals surface area contributed by atoms with Crippen LogP contribution in [0.2, 0.25) is 0 Å². The number of halogens is 5. The summed E-state index contributed by atoms with van der Waals surface area (Å²) in [6.07, 6.45) is -4.21. The third-order valence-electron chi connectivity index (χ3n) is 2.12. The van der Waals surface area contributed by atoms with E-state index in [4.69, 9.17) is 5.73 Å². The SMILES string of the molecule is C=C(C)C[C@@H](N)c1cc(Br)cc(OC(F)(F)F)c1.Cl. The van der Waals surface area contributed by atoms with Crippen molar-refractivity contribution in [2.24, 2.45) is 5.73 Å². The normalized spacial score (nSPS) is 12.5. The molecule has 0 aliphatic rings. The van der Waals surface area contributed by atoms with Gasteiger partial charge in [0.25, 0.3) is 0 Å². The highest BCUT2D eigenvalue weighted by Crippen LogP contribution is 2.30. The van der Waals surface area contributed by atoms with E-state index >= 15 is 0 Å². The molecule has 108 valence electrons. The molecule has 0 aromatic heterocycles. The fraction of sp³-hybridized carbons (Fsp3) is 0.333. The molecule has 2 nitrogen and oxygen atoms in total. The summed E-state index contributed by atoms with van der Waals surface area (Å²) < 4.78 is 40.8. The molecule has 1 aromatic rings. The van der Waals surface area contributed by atoms with Crippen molar-refractivity contribution in [2.75, 3.05) is 0 Å². The Labute approximate surface area is 124 Å². The molecule has 0 bridgehead atoms. The number of ether oxygens (including phenoxy) is 1. The molecule has 0 radical (unpaired) electrons. The third-order valence-corrected chi connectivity index (χ3v) is 2.58. The lowest BCUT2D eigenvalue weighted by Gasteiger charge is -2.15. The molecule has 7 heteroatoms. The molecule has 0 unspecified atom stereocenters. The second-order valence-electron chi connectivity index (χ2n) is 4.04. The Morgan fingerprint density at radius 1 is 1.42 bits per heavy atom. The molecule has 1 atom stereocenters. The molecule has 0 saturated heterocycles. The van der Waals surface area contributed by atoms with Crippen LogP contribution in [0.3, 0.4) is 0 Å². The van der Waals surface area contributed by atoms with Crippen LogP contribution in [0.5, 0.6) is 5.75 Å². The molecular formula is C12H14BrClF3NO. The van der Waals surface area contributed by atoms with E-state index in [1.807, 2.05) is 6.92 Å². The summed E-state index contributed by atoms with van der Waals surface area (Å²) in [6.45, 7) is 5.53. The van der Waals surface area contributed by atoms with Gasteiger partial charge in [0.05, 0.1) is 0 Å². The average molecular weight is 361 g/mol. The molecule has 0 aliphatic heterocycles. The first-order chi connectivity index (χ1) is 8.17. The van der Waals surface area contributed by atoms with Gasteiger partial charge in [0.2, 0.25) is 0 Å². The molecule has 0 amide bonds. The fourth-order valence-electron chi connectivity index (χ4n) is 1.48. The molecule has 0 saturated carbocycles. The Hall–Kier alpha value is -0.720. The average Bonchev–Trinajstić information content (AvgIpc) is 2.12. The quantitative estimate of drug-likeness (QED) is 0.788. The van der Waals surface area contributed by atoms with Crippen molar-refractivity contribution in [3.8, 4) is 5.75 Å². The fourth-order valence-corrected chi connectivity index (χ4v) is 1.97. The number of benzene rings is 1. The molecule has 0 heterocycles. The van der Waals surface area contributed by atoms with Gasteiger partial charge in [-0.05, 0) is 37.1 Å². The van der Waals surface area contributed by atoms with Crippen molar-refractivity contribution < 1.29 is 17.9 Å². The van der Waals surface area contributed by atoms with Crippen molar-refractivity contribution in [3.05, 3.63) is 40.4 Å². The van der Waals surface area contributed by atoms with Crippen LogP contribution in [0.25, 0.3) is 0 Å². The number of rotatable bonds is 4. The zero-order valence-corrected chi connectivity index (χ0v) is 12.5. The zero-order chi connectivity index (χ0) is 13.9. The van der Waals surface area contributed by atoms with E-state index < -0.39 is 12.4 Å². The van der Waals surface area contributed by atoms with Gasteiger partial charge in [-0.1, -0.05) is 21.5 Å². The molecular weight excluding hydrogens is 346 g/mol. The Balaban J connectivity index is 0.00000324. The van der Waals surface area contributed by atoms with E-state index in [1.54, 1.807) is 6.07 Å². The summed E-state index contributed by atoms with van der Waals surface area (Å²) in [5.74, 6) is -0.288. The van der Waals surface area contributed by atoms with E-state index in [9.17, 15) is 13.2 Å². The summed E-state index contributed by atoms with van der Waals surface area (Å²) in [6, 6.07) is 3.78. The molecule has 0 spiro atoms. The second kappa shape index (κ2) is 7.17. The Morgan fingerprint density at radius 2 is 2.00 bits per heavy atom. The van der Waals surface area contributed by atoms with Gasteiger partial charge in [-0.25, -0.2) is 0 Å². The first-order valence-electron chi connectivity index (χ1n) is 5.13. The monoisotopic (exact) mass is 359 g/mol. The van der Waals surface area contributed by atoms with Crippen molar-refractivity contribution in [1.82, 2.24) is 0 Å². The maximum Gasteiger partial charge on any atom is 0.573 e. The van der Waals surface area contributed by atoms with Crippen molar-refractivity contribution in [3.63, 3.8) is 0 Å². The molecule has 0 aliphatic carbocycles. The Bertz CT molecular complexity index is 451. The maximum atomic E-state index is 12.1. The Morgan fingerprint density at radius 3 is 2.47 bits per heavy atom. The highest BCUT2D eigenvalue weighted by atomic mass is 79.9. The van der Waals surface area contributed by atoms with Crippen molar-refractivity contribution in [2.45, 2.75) is 25.7 Å². The highest BCUT2D eigenvalue weighted by molar-refractivity contribution is 9.10. The first kappa shape index (κ1) is 18.3. The number of hydrogen-bond donors (Lipinski definition) is 1. The van der Waals surface area contributed by atoms with E-state index in [0.717, 1.165) is 5.57 Å². The smallest absolute Gasteiger partial charge is 0.406 e. The first-order valence-corrected chi connectivity index (χ1v) is 5.93. The minimum absolute atomic E-state index is 0. The molecule has 2 N–H and O–H groups in total. The molecule has 1 rings (SSSR count). The van der Waals surface area contributed by atoms with E-state index in [0.29, 0.717) is 16.5 Å². The van der Waals surface area contributed by atoms with Crippen LogP contribution in [0.15, 0.2) is 34.8 Å². The predicted octanol–water partition coefficient (Wildman–Crippen LogP) is 4.74. The van der Waals surface area contributed by atoms with E-state index in [2.05, 4.69) is 27.2 Å². The standard InChI is InChI=1S/C12H13BrF3NO.ClH/c1-7(2)3-11(17)8-4-9(13)6-10(5-8)18-12(14,15)16;/h4-6,11H,1,3,17H2,2H3;1H/t11-;/m1./s1. The van der Waals surface area contributed by atoms with Crippen LogP contribution in [0.1, 0.15) is 24.9 Å². The largest absolute Gasteiger partial charge is 0.573 e. The van der Waals surface area contributed by atoms with Gasteiger partial charge in [-0.3, -0.25) is 0 Å². The van der Waals surface area contributed by atoms with Crippen molar-refractivity contribution >= 4 is 28.3 Å². The van der Waals surface area contributed by atoms with Crippen LogP contribution in [0, 0.1) is 0 Å². The molecule has 0 fully saturated rings. The van der Waals surface area contributed by atoms with Gasteiger partial charge in [0, 0.05) is 10.5 Å². The summed E-state index contributed by atoms with van der Waals surface area (Å²) >= 11 is 3.13. The highest BCUT2D eigenvalue weighted by Gasteiger charge is 2.31. The summed E-state index contributed by atoms with van der Waals surface area (Å²) in [7, 11) is 0. The van der Waals surface area contributed by atoms with Gasteiger partial charge in [-0.15, -0.1) is 32.2 Å². The summed E-state index contributed by atoms with van der Waals surface area (Å²) in [4.78, 5) is 0. The van der Waals surface area contributed by atoms with Crippen LogP contribution < -0.4 is 10.5 Å². The summed E-state index contributed by atoms with van der Waals surface area (Å²) in [5, 5.41) is 0. The lowest BCUT2D eigenvalue weighted by atomic mass is 10.0. The topological polar surface area (TPSA) is 35.2 Å². The maximum absolute atomic E-state index is 12.1.